The Morgan fingerprint density at radius 3 is 2.57 bits per heavy atom. The van der Waals surface area contributed by atoms with Gasteiger partial charge in [-0.25, -0.2) is 4.79 Å². The van der Waals surface area contributed by atoms with Gasteiger partial charge in [0.05, 0.1) is 14.2 Å². The zero-order valence-electron chi connectivity index (χ0n) is 13.0. The second-order valence-electron chi connectivity index (χ2n) is 5.01. The van der Waals surface area contributed by atoms with Crippen LogP contribution in [0.3, 0.4) is 0 Å². The molecule has 124 valence electrons. The smallest absolute Gasteiger partial charge is 0.322 e. The van der Waals surface area contributed by atoms with Crippen LogP contribution in [0.25, 0.3) is 0 Å². The summed E-state index contributed by atoms with van der Waals surface area (Å²) in [5.41, 5.74) is 0.935. The van der Waals surface area contributed by atoms with Gasteiger partial charge >= 0.3 is 6.03 Å². The lowest BCUT2D eigenvalue weighted by Gasteiger charge is -2.11. The molecule has 1 aliphatic heterocycles. The van der Waals surface area contributed by atoms with Gasteiger partial charge < -0.3 is 20.1 Å². The normalized spacial score (nSPS) is 16.5. The molecule has 8 heteroatoms. The number of aryl methyl sites for hydroxylation is 1. The number of hydrogen-bond donors (Lipinski definition) is 3. The maximum Gasteiger partial charge on any atom is 0.322 e. The SMILES string of the molecule is COc1ccc(CCC(=O)NCC2NC(=O)NC2=O)cc1OC. The van der Waals surface area contributed by atoms with Crippen molar-refractivity contribution in [3.05, 3.63) is 23.8 Å². The molecule has 1 saturated heterocycles. The Kier molecular flexibility index (Phi) is 5.40. The summed E-state index contributed by atoms with van der Waals surface area (Å²) in [6, 6.07) is 4.20. The van der Waals surface area contributed by atoms with E-state index < -0.39 is 18.0 Å². The molecule has 0 bridgehead atoms. The standard InChI is InChI=1S/C15H19N3O5/c1-22-11-5-3-9(7-12(11)23-2)4-6-13(19)16-8-10-14(20)18-15(21)17-10/h3,5,7,10H,4,6,8H2,1-2H3,(H,16,19)(H2,17,18,20,21). The molecule has 1 atom stereocenters. The van der Waals surface area contributed by atoms with Crippen LogP contribution in [0.2, 0.25) is 0 Å². The molecule has 1 aliphatic rings. The Labute approximate surface area is 133 Å². The number of carbonyl (C=O) groups is 3. The fraction of sp³-hybridized carbons (Fsp3) is 0.400. The van der Waals surface area contributed by atoms with Gasteiger partial charge in [-0.1, -0.05) is 6.07 Å². The predicted octanol–water partition coefficient (Wildman–Crippen LogP) is -0.0394. The molecule has 8 nitrogen and oxygen atoms in total. The summed E-state index contributed by atoms with van der Waals surface area (Å²) in [6.07, 6.45) is 0.785. The number of amides is 4. The number of urea groups is 1. The van der Waals surface area contributed by atoms with E-state index in [1.165, 1.54) is 0 Å². The van der Waals surface area contributed by atoms with E-state index in [9.17, 15) is 14.4 Å². The lowest BCUT2D eigenvalue weighted by atomic mass is 10.1. The summed E-state index contributed by atoms with van der Waals surface area (Å²) in [4.78, 5) is 34.1. The minimum absolute atomic E-state index is 0.0718. The van der Waals surface area contributed by atoms with Gasteiger partial charge in [0.15, 0.2) is 11.5 Å². The van der Waals surface area contributed by atoms with E-state index in [1.807, 2.05) is 12.1 Å². The number of methoxy groups -OCH3 is 2. The van der Waals surface area contributed by atoms with Crippen LogP contribution in [0.5, 0.6) is 11.5 Å². The number of benzene rings is 1. The number of hydrogen-bond acceptors (Lipinski definition) is 5. The van der Waals surface area contributed by atoms with Crippen LogP contribution in [0.1, 0.15) is 12.0 Å². The molecule has 0 aromatic heterocycles. The number of ether oxygens (including phenoxy) is 2. The van der Waals surface area contributed by atoms with E-state index in [-0.39, 0.29) is 18.9 Å². The quantitative estimate of drug-likeness (QED) is 0.611. The summed E-state index contributed by atoms with van der Waals surface area (Å²) in [7, 11) is 3.11. The summed E-state index contributed by atoms with van der Waals surface area (Å²) < 4.78 is 10.4. The van der Waals surface area contributed by atoms with E-state index in [2.05, 4.69) is 16.0 Å². The molecule has 0 radical (unpaired) electrons. The third-order valence-corrected chi connectivity index (χ3v) is 3.45. The highest BCUT2D eigenvalue weighted by atomic mass is 16.5. The maximum absolute atomic E-state index is 11.8. The summed E-state index contributed by atoms with van der Waals surface area (Å²) in [6.45, 7) is 0.0718. The second kappa shape index (κ2) is 7.48. The first-order chi connectivity index (χ1) is 11.0. The fourth-order valence-corrected chi connectivity index (χ4v) is 2.20. The van der Waals surface area contributed by atoms with E-state index in [1.54, 1.807) is 20.3 Å². The number of rotatable bonds is 7. The molecule has 0 aliphatic carbocycles. The van der Waals surface area contributed by atoms with Crippen molar-refractivity contribution < 1.29 is 23.9 Å². The molecule has 1 unspecified atom stereocenters. The summed E-state index contributed by atoms with van der Waals surface area (Å²) >= 11 is 0. The Balaban J connectivity index is 1.80. The van der Waals surface area contributed by atoms with Gasteiger partial charge in [0.1, 0.15) is 6.04 Å². The Hall–Kier alpha value is -2.77. The van der Waals surface area contributed by atoms with Crippen molar-refractivity contribution in [2.24, 2.45) is 0 Å². The van der Waals surface area contributed by atoms with Gasteiger partial charge in [0.25, 0.3) is 5.91 Å². The second-order valence-corrected chi connectivity index (χ2v) is 5.01. The minimum Gasteiger partial charge on any atom is -0.493 e. The van der Waals surface area contributed by atoms with Crippen molar-refractivity contribution in [2.45, 2.75) is 18.9 Å². The first kappa shape index (κ1) is 16.6. The van der Waals surface area contributed by atoms with E-state index in [0.29, 0.717) is 17.9 Å². The molecule has 1 aromatic carbocycles. The van der Waals surface area contributed by atoms with Gasteiger partial charge in [-0.2, -0.15) is 0 Å². The summed E-state index contributed by atoms with van der Waals surface area (Å²) in [5.74, 6) is 0.600. The summed E-state index contributed by atoms with van der Waals surface area (Å²) in [5, 5.41) is 7.15. The van der Waals surface area contributed by atoms with E-state index in [0.717, 1.165) is 5.56 Å². The average Bonchev–Trinajstić information content (AvgIpc) is 2.88. The monoisotopic (exact) mass is 321 g/mol. The van der Waals surface area contributed by atoms with Crippen molar-refractivity contribution in [1.82, 2.24) is 16.0 Å². The molecule has 23 heavy (non-hydrogen) atoms. The largest absolute Gasteiger partial charge is 0.493 e. The molecule has 1 aromatic rings. The highest BCUT2D eigenvalue weighted by molar-refractivity contribution is 6.04. The zero-order valence-corrected chi connectivity index (χ0v) is 13.0. The van der Waals surface area contributed by atoms with Crippen molar-refractivity contribution >= 4 is 17.8 Å². The first-order valence-electron chi connectivity index (χ1n) is 7.12. The van der Waals surface area contributed by atoms with Gasteiger partial charge in [-0.15, -0.1) is 0 Å². The van der Waals surface area contributed by atoms with Crippen molar-refractivity contribution in [2.75, 3.05) is 20.8 Å². The van der Waals surface area contributed by atoms with Crippen LogP contribution in [0.15, 0.2) is 18.2 Å². The van der Waals surface area contributed by atoms with Crippen LogP contribution in [0.4, 0.5) is 4.79 Å². The van der Waals surface area contributed by atoms with Gasteiger partial charge in [-0.05, 0) is 24.1 Å². The average molecular weight is 321 g/mol. The predicted molar refractivity (Wildman–Crippen MR) is 81.3 cm³/mol. The number of nitrogens with one attached hydrogen (secondary N) is 3. The third-order valence-electron chi connectivity index (χ3n) is 3.45. The zero-order chi connectivity index (χ0) is 16.8. The van der Waals surface area contributed by atoms with Crippen LogP contribution >= 0.6 is 0 Å². The van der Waals surface area contributed by atoms with Crippen molar-refractivity contribution in [3.8, 4) is 11.5 Å². The molecule has 1 fully saturated rings. The minimum atomic E-state index is -0.715. The lowest BCUT2D eigenvalue weighted by molar-refractivity contribution is -0.122. The van der Waals surface area contributed by atoms with Crippen LogP contribution in [0, 0.1) is 0 Å². The molecule has 3 N–H and O–H groups in total. The van der Waals surface area contributed by atoms with E-state index in [4.69, 9.17) is 9.47 Å². The van der Waals surface area contributed by atoms with Gasteiger partial charge in [0.2, 0.25) is 5.91 Å². The molecular weight excluding hydrogens is 302 g/mol. The van der Waals surface area contributed by atoms with Gasteiger partial charge in [-0.3, -0.25) is 14.9 Å². The molecule has 1 heterocycles. The number of imide groups is 1. The van der Waals surface area contributed by atoms with Crippen LogP contribution in [-0.4, -0.2) is 44.7 Å². The molecular formula is C15H19N3O5. The topological polar surface area (TPSA) is 106 Å². The van der Waals surface area contributed by atoms with Gasteiger partial charge in [0, 0.05) is 13.0 Å². The molecule has 4 amide bonds. The van der Waals surface area contributed by atoms with Crippen molar-refractivity contribution in [1.29, 1.82) is 0 Å². The highest BCUT2D eigenvalue weighted by Gasteiger charge is 2.29. The Morgan fingerprint density at radius 1 is 1.22 bits per heavy atom. The molecule has 0 spiro atoms. The van der Waals surface area contributed by atoms with E-state index >= 15 is 0 Å². The first-order valence-corrected chi connectivity index (χ1v) is 7.12. The Bertz CT molecular complexity index is 617. The Morgan fingerprint density at radius 2 is 1.96 bits per heavy atom. The molecule has 0 saturated carbocycles. The molecule has 2 rings (SSSR count). The van der Waals surface area contributed by atoms with Crippen molar-refractivity contribution in [3.63, 3.8) is 0 Å². The van der Waals surface area contributed by atoms with Crippen LogP contribution in [-0.2, 0) is 16.0 Å². The third kappa shape index (κ3) is 4.35. The highest BCUT2D eigenvalue weighted by Crippen LogP contribution is 2.27. The maximum atomic E-state index is 11.8. The lowest BCUT2D eigenvalue weighted by Crippen LogP contribution is -2.41. The fourth-order valence-electron chi connectivity index (χ4n) is 2.20. The number of carbonyl (C=O) groups excluding carboxylic acids is 3. The van der Waals surface area contributed by atoms with Crippen LogP contribution < -0.4 is 25.4 Å².